The van der Waals surface area contributed by atoms with Gasteiger partial charge in [0, 0.05) is 9.86 Å². The highest BCUT2D eigenvalue weighted by Crippen LogP contribution is 2.18. The molecule has 4 heteroatoms. The van der Waals surface area contributed by atoms with Crippen LogP contribution in [0.3, 0.4) is 0 Å². The van der Waals surface area contributed by atoms with E-state index in [2.05, 4.69) is 15.9 Å². The molecular weight excluding hydrogens is 248 g/mol. The third-order valence-electron chi connectivity index (χ3n) is 1.80. The molecule has 14 heavy (non-hydrogen) atoms. The van der Waals surface area contributed by atoms with Crippen LogP contribution in [-0.4, -0.2) is 6.29 Å². The first-order chi connectivity index (χ1) is 6.70. The zero-order valence-electron chi connectivity index (χ0n) is 6.91. The molecule has 0 aliphatic carbocycles. The van der Waals surface area contributed by atoms with Crippen molar-refractivity contribution in [2.75, 3.05) is 0 Å². The van der Waals surface area contributed by atoms with E-state index >= 15 is 0 Å². The molecule has 1 radical (unpaired) electrons. The van der Waals surface area contributed by atoms with Gasteiger partial charge in [-0.1, -0.05) is 15.9 Å². The molecule has 0 fully saturated rings. The van der Waals surface area contributed by atoms with E-state index in [9.17, 15) is 9.59 Å². The number of fused-ring (bicyclic) bond motifs is 1. The fraction of sp³-hybridized carbons (Fsp3) is 0. The summed E-state index contributed by atoms with van der Waals surface area (Å²) in [6, 6.07) is 6.64. The first kappa shape index (κ1) is 9.15. The second-order valence-electron chi connectivity index (χ2n) is 2.73. The summed E-state index contributed by atoms with van der Waals surface area (Å²) in [5, 5.41) is 0.692. The molecule has 0 saturated carbocycles. The highest BCUT2D eigenvalue weighted by atomic mass is 79.9. The smallest absolute Gasteiger partial charge is 0.347 e. The van der Waals surface area contributed by atoms with Crippen molar-refractivity contribution in [1.29, 1.82) is 0 Å². The maximum absolute atomic E-state index is 11.1. The average molecular weight is 252 g/mol. The van der Waals surface area contributed by atoms with Crippen molar-refractivity contribution >= 4 is 33.2 Å². The van der Waals surface area contributed by atoms with E-state index in [0.717, 1.165) is 4.47 Å². The van der Waals surface area contributed by atoms with Gasteiger partial charge in [-0.15, -0.1) is 0 Å². The molecule has 0 amide bonds. The van der Waals surface area contributed by atoms with E-state index in [0.29, 0.717) is 11.0 Å². The topological polar surface area (TPSA) is 47.3 Å². The SMILES string of the molecule is O=[C]c1cc2cc(Br)ccc2oc1=O. The van der Waals surface area contributed by atoms with Gasteiger partial charge in [-0.05, 0) is 24.3 Å². The fourth-order valence-corrected chi connectivity index (χ4v) is 1.54. The maximum Gasteiger partial charge on any atom is 0.347 e. The number of rotatable bonds is 1. The van der Waals surface area contributed by atoms with E-state index in [-0.39, 0.29) is 5.56 Å². The average Bonchev–Trinajstić information content (AvgIpc) is 2.17. The Hall–Kier alpha value is -1.42. The molecule has 2 aromatic rings. The molecule has 0 aliphatic rings. The predicted octanol–water partition coefficient (Wildman–Crippen LogP) is 2.01. The van der Waals surface area contributed by atoms with Gasteiger partial charge in [0.05, 0.1) is 0 Å². The molecule has 0 N–H and O–H groups in total. The van der Waals surface area contributed by atoms with E-state index in [4.69, 9.17) is 4.42 Å². The van der Waals surface area contributed by atoms with E-state index in [1.165, 1.54) is 12.4 Å². The van der Waals surface area contributed by atoms with Crippen molar-refractivity contribution in [3.63, 3.8) is 0 Å². The zero-order valence-corrected chi connectivity index (χ0v) is 8.50. The summed E-state index contributed by atoms with van der Waals surface area (Å²) in [6.45, 7) is 0. The van der Waals surface area contributed by atoms with E-state index in [1.54, 1.807) is 18.2 Å². The van der Waals surface area contributed by atoms with Gasteiger partial charge in [-0.2, -0.15) is 0 Å². The molecule has 0 unspecified atom stereocenters. The number of hydrogen-bond acceptors (Lipinski definition) is 3. The van der Waals surface area contributed by atoms with Crippen molar-refractivity contribution in [3.8, 4) is 0 Å². The van der Waals surface area contributed by atoms with Gasteiger partial charge in [0.1, 0.15) is 11.1 Å². The van der Waals surface area contributed by atoms with Gasteiger partial charge >= 0.3 is 5.63 Å². The first-order valence-corrected chi connectivity index (χ1v) is 4.61. The highest BCUT2D eigenvalue weighted by Gasteiger charge is 2.04. The zero-order chi connectivity index (χ0) is 10.1. The third-order valence-corrected chi connectivity index (χ3v) is 2.30. The van der Waals surface area contributed by atoms with Crippen LogP contribution < -0.4 is 5.63 Å². The van der Waals surface area contributed by atoms with E-state index in [1.807, 2.05) is 0 Å². The fourth-order valence-electron chi connectivity index (χ4n) is 1.17. The Kier molecular flexibility index (Phi) is 2.21. The van der Waals surface area contributed by atoms with Gasteiger partial charge in [-0.3, -0.25) is 4.79 Å². The molecule has 0 saturated heterocycles. The molecule has 3 nitrogen and oxygen atoms in total. The molecule has 1 aromatic heterocycles. The lowest BCUT2D eigenvalue weighted by Crippen LogP contribution is -2.05. The lowest BCUT2D eigenvalue weighted by atomic mass is 10.2. The highest BCUT2D eigenvalue weighted by molar-refractivity contribution is 9.10. The van der Waals surface area contributed by atoms with Gasteiger partial charge in [0.15, 0.2) is 0 Å². The Morgan fingerprint density at radius 2 is 2.07 bits per heavy atom. The van der Waals surface area contributed by atoms with E-state index < -0.39 is 5.63 Å². The lowest BCUT2D eigenvalue weighted by molar-refractivity contribution is 0.543. The molecule has 0 bridgehead atoms. The summed E-state index contributed by atoms with van der Waals surface area (Å²) in [5.41, 5.74) is -0.289. The Labute approximate surface area is 87.5 Å². The molecule has 0 aliphatic heterocycles. The summed E-state index contributed by atoms with van der Waals surface area (Å²) in [7, 11) is 0. The number of benzene rings is 1. The molecule has 1 aromatic carbocycles. The second kappa shape index (κ2) is 3.38. The van der Waals surface area contributed by atoms with Gasteiger partial charge in [-0.25, -0.2) is 4.79 Å². The molecule has 0 spiro atoms. The summed E-state index contributed by atoms with van der Waals surface area (Å²) < 4.78 is 5.76. The van der Waals surface area contributed by atoms with Crippen molar-refractivity contribution in [1.82, 2.24) is 0 Å². The monoisotopic (exact) mass is 251 g/mol. The van der Waals surface area contributed by atoms with Crippen LogP contribution in [0.15, 0.2) is 37.9 Å². The minimum absolute atomic E-state index is 0.0874. The Morgan fingerprint density at radius 1 is 1.29 bits per heavy atom. The molecule has 0 atom stereocenters. The van der Waals surface area contributed by atoms with Crippen LogP contribution in [0.4, 0.5) is 0 Å². The number of carbonyl (C=O) groups excluding carboxylic acids is 1. The van der Waals surface area contributed by atoms with Crippen LogP contribution in [-0.2, 0) is 4.79 Å². The van der Waals surface area contributed by atoms with Crippen molar-refractivity contribution < 1.29 is 9.21 Å². The maximum atomic E-state index is 11.1. The van der Waals surface area contributed by atoms with Crippen LogP contribution in [0.2, 0.25) is 0 Å². The van der Waals surface area contributed by atoms with Crippen molar-refractivity contribution in [2.24, 2.45) is 0 Å². The molecule has 2 rings (SSSR count). The van der Waals surface area contributed by atoms with Gasteiger partial charge < -0.3 is 4.42 Å². The molecule has 1 heterocycles. The summed E-state index contributed by atoms with van der Waals surface area (Å²) >= 11 is 3.28. The van der Waals surface area contributed by atoms with Crippen LogP contribution in [0, 0.1) is 0 Å². The minimum Gasteiger partial charge on any atom is -0.422 e. The molecular formula is C10H4BrO3. The minimum atomic E-state index is -0.658. The van der Waals surface area contributed by atoms with Crippen LogP contribution in [0.5, 0.6) is 0 Å². The summed E-state index contributed by atoms with van der Waals surface area (Å²) in [4.78, 5) is 21.5. The number of hydrogen-bond donors (Lipinski definition) is 0. The largest absolute Gasteiger partial charge is 0.422 e. The third kappa shape index (κ3) is 1.48. The van der Waals surface area contributed by atoms with Crippen LogP contribution in [0.25, 0.3) is 11.0 Å². The van der Waals surface area contributed by atoms with Crippen molar-refractivity contribution in [3.05, 3.63) is 44.7 Å². The van der Waals surface area contributed by atoms with Crippen LogP contribution in [0.1, 0.15) is 5.56 Å². The lowest BCUT2D eigenvalue weighted by Gasteiger charge is -1.96. The Balaban J connectivity index is 2.86. The summed E-state index contributed by atoms with van der Waals surface area (Å²) in [5.74, 6) is 0. The second-order valence-corrected chi connectivity index (χ2v) is 3.65. The van der Waals surface area contributed by atoms with Gasteiger partial charge in [0.2, 0.25) is 6.29 Å². The van der Waals surface area contributed by atoms with Crippen molar-refractivity contribution in [2.45, 2.75) is 0 Å². The molecule has 69 valence electrons. The Bertz CT molecular complexity index is 557. The van der Waals surface area contributed by atoms with Gasteiger partial charge in [0.25, 0.3) is 0 Å². The summed E-state index contributed by atoms with van der Waals surface area (Å²) in [6.07, 6.45) is 1.54. The quantitative estimate of drug-likeness (QED) is 0.729. The standard InChI is InChI=1S/C10H4BrO3/c11-8-1-2-9-6(4-8)3-7(5-12)10(13)14-9/h1-4H. The first-order valence-electron chi connectivity index (χ1n) is 3.82. The number of halogens is 1. The Morgan fingerprint density at radius 3 is 2.79 bits per heavy atom. The van der Waals surface area contributed by atoms with Crippen LogP contribution >= 0.6 is 15.9 Å². The predicted molar refractivity (Wildman–Crippen MR) is 55.0 cm³/mol. The normalized spacial score (nSPS) is 10.4.